The monoisotopic (exact) mass is 262 g/mol. The molecule has 96 valence electrons. The molecule has 0 amide bonds. The second-order valence-corrected chi connectivity index (χ2v) is 6.62. The molecule has 1 aromatic carbocycles. The average Bonchev–Trinajstić information content (AvgIpc) is 2.67. The van der Waals surface area contributed by atoms with E-state index >= 15 is 0 Å². The molecule has 0 aromatic heterocycles. The smallest absolute Gasteiger partial charge is 0.101 e. The normalized spacial score (nSPS) is 20.2. The summed E-state index contributed by atoms with van der Waals surface area (Å²) >= 11 is 5.97. The molecule has 0 spiro atoms. The SMILES string of the molecule is CC1(C)C(CNc2cc(Cl)ccc2C#N)C1(C)C. The van der Waals surface area contributed by atoms with Gasteiger partial charge in [-0.05, 0) is 34.9 Å². The van der Waals surface area contributed by atoms with Gasteiger partial charge in [0.05, 0.1) is 11.3 Å². The Labute approximate surface area is 114 Å². The van der Waals surface area contributed by atoms with Gasteiger partial charge in [0.2, 0.25) is 0 Å². The quantitative estimate of drug-likeness (QED) is 0.881. The summed E-state index contributed by atoms with van der Waals surface area (Å²) in [5.74, 6) is 0.621. The molecule has 1 fully saturated rings. The molecule has 0 atom stereocenters. The molecule has 2 rings (SSSR count). The molecule has 0 radical (unpaired) electrons. The van der Waals surface area contributed by atoms with Gasteiger partial charge < -0.3 is 5.32 Å². The fraction of sp³-hybridized carbons (Fsp3) is 0.533. The van der Waals surface area contributed by atoms with Crippen LogP contribution in [0.25, 0.3) is 0 Å². The van der Waals surface area contributed by atoms with Crippen molar-refractivity contribution in [1.29, 1.82) is 5.26 Å². The van der Waals surface area contributed by atoms with E-state index in [1.807, 2.05) is 6.07 Å². The highest BCUT2D eigenvalue weighted by molar-refractivity contribution is 6.30. The third-order valence-corrected chi connectivity index (χ3v) is 5.15. The Morgan fingerprint density at radius 3 is 2.39 bits per heavy atom. The first-order chi connectivity index (χ1) is 8.30. The second kappa shape index (κ2) is 4.17. The van der Waals surface area contributed by atoms with Crippen LogP contribution >= 0.6 is 11.6 Å². The van der Waals surface area contributed by atoms with Gasteiger partial charge in [0.25, 0.3) is 0 Å². The second-order valence-electron chi connectivity index (χ2n) is 6.18. The van der Waals surface area contributed by atoms with Gasteiger partial charge in [-0.25, -0.2) is 0 Å². The Morgan fingerprint density at radius 1 is 1.28 bits per heavy atom. The third kappa shape index (κ3) is 1.97. The first-order valence-corrected chi connectivity index (χ1v) is 6.62. The van der Waals surface area contributed by atoms with E-state index in [4.69, 9.17) is 16.9 Å². The van der Waals surface area contributed by atoms with Crippen molar-refractivity contribution >= 4 is 17.3 Å². The van der Waals surface area contributed by atoms with Gasteiger partial charge >= 0.3 is 0 Å². The minimum absolute atomic E-state index is 0.353. The standard InChI is InChI=1S/C15H19ClN2/c1-14(2)13(15(14,3)4)9-18-12-7-11(16)6-5-10(12)8-17/h5-7,13,18H,9H2,1-4H3. The molecule has 1 saturated carbocycles. The van der Waals surface area contributed by atoms with Crippen LogP contribution in [0.3, 0.4) is 0 Å². The predicted octanol–water partition coefficient (Wildman–Crippen LogP) is 4.31. The van der Waals surface area contributed by atoms with Gasteiger partial charge in [-0.3, -0.25) is 0 Å². The highest BCUT2D eigenvalue weighted by Gasteiger charge is 2.64. The summed E-state index contributed by atoms with van der Waals surface area (Å²) in [5, 5.41) is 13.1. The molecule has 2 nitrogen and oxygen atoms in total. The van der Waals surface area contributed by atoms with Crippen LogP contribution in [-0.2, 0) is 0 Å². The fourth-order valence-electron chi connectivity index (χ4n) is 2.82. The first-order valence-electron chi connectivity index (χ1n) is 6.24. The molecule has 1 aromatic rings. The van der Waals surface area contributed by atoms with Crippen molar-refractivity contribution in [2.75, 3.05) is 11.9 Å². The van der Waals surface area contributed by atoms with Crippen LogP contribution in [0.4, 0.5) is 5.69 Å². The van der Waals surface area contributed by atoms with Crippen molar-refractivity contribution in [3.8, 4) is 6.07 Å². The Bertz CT molecular complexity index is 498. The number of anilines is 1. The Morgan fingerprint density at radius 2 is 1.89 bits per heavy atom. The number of benzene rings is 1. The lowest BCUT2D eigenvalue weighted by molar-refractivity contribution is 0.457. The highest BCUT2D eigenvalue weighted by atomic mass is 35.5. The summed E-state index contributed by atoms with van der Waals surface area (Å²) < 4.78 is 0. The van der Waals surface area contributed by atoms with Crippen LogP contribution in [0.1, 0.15) is 33.3 Å². The van der Waals surface area contributed by atoms with E-state index in [0.717, 1.165) is 12.2 Å². The number of nitrogens with zero attached hydrogens (tertiary/aromatic N) is 1. The summed E-state index contributed by atoms with van der Waals surface area (Å²) in [6, 6.07) is 7.51. The fourth-order valence-corrected chi connectivity index (χ4v) is 2.99. The molecule has 0 bridgehead atoms. The zero-order valence-electron chi connectivity index (χ0n) is 11.3. The van der Waals surface area contributed by atoms with E-state index in [1.165, 1.54) is 0 Å². The zero-order valence-corrected chi connectivity index (χ0v) is 12.1. The van der Waals surface area contributed by atoms with Crippen LogP contribution in [0, 0.1) is 28.1 Å². The predicted molar refractivity (Wildman–Crippen MR) is 75.7 cm³/mol. The van der Waals surface area contributed by atoms with Crippen molar-refractivity contribution in [1.82, 2.24) is 0 Å². The summed E-state index contributed by atoms with van der Waals surface area (Å²) in [5.41, 5.74) is 2.19. The Kier molecular flexibility index (Phi) is 3.07. The van der Waals surface area contributed by atoms with E-state index in [0.29, 0.717) is 27.3 Å². The maximum atomic E-state index is 9.06. The summed E-state index contributed by atoms with van der Waals surface area (Å²) in [7, 11) is 0. The molecule has 0 saturated heterocycles. The molecular formula is C15H19ClN2. The summed E-state index contributed by atoms with van der Waals surface area (Å²) in [6.07, 6.45) is 0. The number of nitrogens with one attached hydrogen (secondary N) is 1. The molecule has 0 unspecified atom stereocenters. The number of hydrogen-bond acceptors (Lipinski definition) is 2. The van der Waals surface area contributed by atoms with Crippen LogP contribution in [0.2, 0.25) is 5.02 Å². The van der Waals surface area contributed by atoms with Crippen molar-refractivity contribution < 1.29 is 0 Å². The largest absolute Gasteiger partial charge is 0.384 e. The van der Waals surface area contributed by atoms with E-state index in [9.17, 15) is 0 Å². The third-order valence-electron chi connectivity index (χ3n) is 4.92. The van der Waals surface area contributed by atoms with Crippen LogP contribution in [0.5, 0.6) is 0 Å². The molecule has 1 aliphatic rings. The summed E-state index contributed by atoms with van der Waals surface area (Å²) in [4.78, 5) is 0. The van der Waals surface area contributed by atoms with Gasteiger partial charge in [-0.1, -0.05) is 39.3 Å². The number of hydrogen-bond donors (Lipinski definition) is 1. The highest BCUT2D eigenvalue weighted by Crippen LogP contribution is 2.68. The maximum Gasteiger partial charge on any atom is 0.101 e. The summed E-state index contributed by atoms with van der Waals surface area (Å²) in [6.45, 7) is 10.1. The van der Waals surface area contributed by atoms with Crippen LogP contribution in [0.15, 0.2) is 18.2 Å². The molecule has 18 heavy (non-hydrogen) atoms. The van der Waals surface area contributed by atoms with E-state index < -0.39 is 0 Å². The lowest BCUT2D eigenvalue weighted by Crippen LogP contribution is -2.09. The van der Waals surface area contributed by atoms with Crippen molar-refractivity contribution in [3.63, 3.8) is 0 Å². The first kappa shape index (κ1) is 13.2. The maximum absolute atomic E-state index is 9.06. The Hall–Kier alpha value is -1.20. The minimum atomic E-state index is 0.353. The molecule has 0 heterocycles. The molecule has 0 aliphatic heterocycles. The van der Waals surface area contributed by atoms with Gasteiger partial charge in [-0.15, -0.1) is 0 Å². The Balaban J connectivity index is 2.09. The van der Waals surface area contributed by atoms with E-state index in [-0.39, 0.29) is 0 Å². The lowest BCUT2D eigenvalue weighted by Gasteiger charge is -2.09. The van der Waals surface area contributed by atoms with Gasteiger partial charge in [-0.2, -0.15) is 5.26 Å². The number of nitriles is 1. The molecule has 1 N–H and O–H groups in total. The topological polar surface area (TPSA) is 35.8 Å². The van der Waals surface area contributed by atoms with Gasteiger partial charge in [0.15, 0.2) is 0 Å². The van der Waals surface area contributed by atoms with E-state index in [2.05, 4.69) is 39.1 Å². The van der Waals surface area contributed by atoms with Gasteiger partial charge in [0, 0.05) is 11.6 Å². The molecular weight excluding hydrogens is 244 g/mol. The zero-order chi connectivity index (χ0) is 13.6. The van der Waals surface area contributed by atoms with Gasteiger partial charge in [0.1, 0.15) is 6.07 Å². The number of rotatable bonds is 3. The van der Waals surface area contributed by atoms with Crippen LogP contribution < -0.4 is 5.32 Å². The van der Waals surface area contributed by atoms with Crippen molar-refractivity contribution in [2.45, 2.75) is 27.7 Å². The molecule has 1 aliphatic carbocycles. The van der Waals surface area contributed by atoms with Crippen molar-refractivity contribution in [3.05, 3.63) is 28.8 Å². The number of halogens is 1. The van der Waals surface area contributed by atoms with E-state index in [1.54, 1.807) is 12.1 Å². The van der Waals surface area contributed by atoms with Crippen LogP contribution in [-0.4, -0.2) is 6.54 Å². The lowest BCUT2D eigenvalue weighted by atomic mass is 10.0. The molecule has 3 heteroatoms. The van der Waals surface area contributed by atoms with Crippen molar-refractivity contribution in [2.24, 2.45) is 16.7 Å². The average molecular weight is 263 g/mol. The minimum Gasteiger partial charge on any atom is -0.384 e.